The van der Waals surface area contributed by atoms with E-state index < -0.39 is 5.82 Å². The number of benzene rings is 2. The first kappa shape index (κ1) is 27.2. The van der Waals surface area contributed by atoms with Gasteiger partial charge in [0, 0.05) is 75.2 Å². The Bertz CT molecular complexity index is 1620. The molecule has 2 aliphatic heterocycles. The first-order chi connectivity index (χ1) is 20.4. The second-order valence-electron chi connectivity index (χ2n) is 11.8. The van der Waals surface area contributed by atoms with Crippen molar-refractivity contribution in [3.05, 3.63) is 76.8 Å². The molecule has 1 N–H and O–H groups in total. The molecule has 42 heavy (non-hydrogen) atoms. The van der Waals surface area contributed by atoms with Crippen LogP contribution in [0, 0.1) is 11.2 Å². The topological polar surface area (TPSA) is 73.9 Å². The van der Waals surface area contributed by atoms with Gasteiger partial charge < -0.3 is 19.4 Å². The molecule has 0 radical (unpaired) electrons. The van der Waals surface area contributed by atoms with Crippen LogP contribution in [0.1, 0.15) is 28.8 Å². The molecule has 2 aromatic carbocycles. The third-order valence-corrected chi connectivity index (χ3v) is 9.42. The van der Waals surface area contributed by atoms with Crippen molar-refractivity contribution >= 4 is 34.6 Å². The SMILES string of the molecule is COc1cc(CN2CCN(C3CC4(C3)CN(c3ccc(C=O)c(Oc5cnc6[nH]cc(F)c6c5)c3)C4)CC2)ccc1Cl. The lowest BCUT2D eigenvalue weighted by atomic mass is 9.60. The number of methoxy groups -OCH3 is 1. The molecule has 0 bridgehead atoms. The molecule has 4 heterocycles. The monoisotopic (exact) mass is 589 g/mol. The van der Waals surface area contributed by atoms with E-state index in [0.29, 0.717) is 44.6 Å². The van der Waals surface area contributed by atoms with E-state index in [-0.39, 0.29) is 0 Å². The Hall–Kier alpha value is -3.66. The van der Waals surface area contributed by atoms with E-state index in [1.807, 2.05) is 24.3 Å². The number of fused-ring (bicyclic) bond motifs is 1. The predicted molar refractivity (Wildman–Crippen MR) is 160 cm³/mol. The van der Waals surface area contributed by atoms with Crippen molar-refractivity contribution in [1.82, 2.24) is 19.8 Å². The number of anilines is 1. The van der Waals surface area contributed by atoms with Crippen molar-refractivity contribution in [1.29, 1.82) is 0 Å². The molecule has 10 heteroatoms. The molecule has 4 aromatic rings. The summed E-state index contributed by atoms with van der Waals surface area (Å²) >= 11 is 6.19. The molecular formula is C32H33ClFN5O3. The number of ether oxygens (including phenoxy) is 2. The van der Waals surface area contributed by atoms with Crippen molar-refractivity contribution in [3.63, 3.8) is 0 Å². The molecular weight excluding hydrogens is 557 g/mol. The average Bonchev–Trinajstić information content (AvgIpc) is 3.33. The zero-order valence-electron chi connectivity index (χ0n) is 23.5. The number of rotatable bonds is 8. The number of halogens is 2. The number of nitrogens with zero attached hydrogens (tertiary/aromatic N) is 4. The Kier molecular flexibility index (Phi) is 7.04. The van der Waals surface area contributed by atoms with Crippen LogP contribution in [0.5, 0.6) is 17.2 Å². The fourth-order valence-corrected chi connectivity index (χ4v) is 6.98. The van der Waals surface area contributed by atoms with Gasteiger partial charge in [0.2, 0.25) is 0 Å². The van der Waals surface area contributed by atoms with Gasteiger partial charge in [0.1, 0.15) is 28.7 Å². The lowest BCUT2D eigenvalue weighted by Crippen LogP contribution is -2.68. The quantitative estimate of drug-likeness (QED) is 0.262. The molecule has 1 aliphatic carbocycles. The summed E-state index contributed by atoms with van der Waals surface area (Å²) in [5, 5.41) is 0.997. The highest BCUT2D eigenvalue weighted by molar-refractivity contribution is 6.32. The molecule has 1 spiro atoms. The summed E-state index contributed by atoms with van der Waals surface area (Å²) in [6.07, 6.45) is 6.02. The van der Waals surface area contributed by atoms with E-state index in [0.717, 1.165) is 63.5 Å². The van der Waals surface area contributed by atoms with Gasteiger partial charge in [-0.05, 0) is 48.7 Å². The van der Waals surface area contributed by atoms with Crippen molar-refractivity contribution < 1.29 is 18.7 Å². The summed E-state index contributed by atoms with van der Waals surface area (Å²) in [6, 6.07) is 13.9. The van der Waals surface area contributed by atoms with Crippen LogP contribution in [-0.2, 0) is 6.54 Å². The van der Waals surface area contributed by atoms with Gasteiger partial charge in [-0.15, -0.1) is 0 Å². The van der Waals surface area contributed by atoms with Gasteiger partial charge in [0.15, 0.2) is 6.29 Å². The van der Waals surface area contributed by atoms with Crippen LogP contribution in [0.2, 0.25) is 5.02 Å². The summed E-state index contributed by atoms with van der Waals surface area (Å²) < 4.78 is 25.4. The number of hydrogen-bond donors (Lipinski definition) is 1. The molecule has 1 saturated carbocycles. The minimum Gasteiger partial charge on any atom is -0.495 e. The Balaban J connectivity index is 0.921. The first-order valence-electron chi connectivity index (χ1n) is 14.4. The summed E-state index contributed by atoms with van der Waals surface area (Å²) in [4.78, 5) is 26.2. The van der Waals surface area contributed by atoms with Crippen LogP contribution < -0.4 is 14.4 Å². The predicted octanol–water partition coefficient (Wildman–Crippen LogP) is 5.76. The zero-order valence-corrected chi connectivity index (χ0v) is 24.2. The van der Waals surface area contributed by atoms with Gasteiger partial charge in [0.05, 0.1) is 29.3 Å². The molecule has 0 amide bonds. The molecule has 2 saturated heterocycles. The fraction of sp³-hybridized carbons (Fsp3) is 0.375. The van der Waals surface area contributed by atoms with Crippen LogP contribution in [0.15, 0.2) is 54.9 Å². The van der Waals surface area contributed by atoms with Gasteiger partial charge >= 0.3 is 0 Å². The van der Waals surface area contributed by atoms with Crippen molar-refractivity contribution in [3.8, 4) is 17.2 Å². The smallest absolute Gasteiger partial charge is 0.153 e. The highest BCUT2D eigenvalue weighted by Gasteiger charge is 2.54. The van der Waals surface area contributed by atoms with Gasteiger partial charge in [-0.3, -0.25) is 14.6 Å². The van der Waals surface area contributed by atoms with E-state index in [9.17, 15) is 9.18 Å². The molecule has 3 aliphatic rings. The number of nitrogens with one attached hydrogen (secondary N) is 1. The van der Waals surface area contributed by atoms with E-state index in [4.69, 9.17) is 21.1 Å². The number of aldehydes is 1. The molecule has 0 unspecified atom stereocenters. The number of carbonyl (C=O) groups is 1. The van der Waals surface area contributed by atoms with E-state index in [1.165, 1.54) is 30.8 Å². The second kappa shape index (κ2) is 10.9. The van der Waals surface area contributed by atoms with E-state index in [2.05, 4.69) is 30.7 Å². The first-order valence-corrected chi connectivity index (χ1v) is 14.7. The van der Waals surface area contributed by atoms with Crippen molar-refractivity contribution in [2.45, 2.75) is 25.4 Å². The van der Waals surface area contributed by atoms with Gasteiger partial charge in [-0.1, -0.05) is 17.7 Å². The Morgan fingerprint density at radius 3 is 2.67 bits per heavy atom. The van der Waals surface area contributed by atoms with Gasteiger partial charge in [0.25, 0.3) is 0 Å². The number of hydrogen-bond acceptors (Lipinski definition) is 7. The van der Waals surface area contributed by atoms with Crippen molar-refractivity contribution in [2.75, 3.05) is 51.3 Å². The second-order valence-corrected chi connectivity index (χ2v) is 12.3. The number of carbonyl (C=O) groups excluding carboxylic acids is 1. The number of pyridine rings is 1. The molecule has 0 atom stereocenters. The Morgan fingerprint density at radius 2 is 1.90 bits per heavy atom. The maximum Gasteiger partial charge on any atom is 0.153 e. The zero-order chi connectivity index (χ0) is 28.8. The largest absolute Gasteiger partial charge is 0.495 e. The fourth-order valence-electron chi connectivity index (χ4n) is 6.79. The maximum absolute atomic E-state index is 14.0. The summed E-state index contributed by atoms with van der Waals surface area (Å²) in [6.45, 7) is 7.23. The maximum atomic E-state index is 14.0. The lowest BCUT2D eigenvalue weighted by molar-refractivity contribution is -0.0380. The Labute approximate surface area is 249 Å². The van der Waals surface area contributed by atoms with Crippen LogP contribution in [0.4, 0.5) is 10.1 Å². The highest BCUT2D eigenvalue weighted by Crippen LogP contribution is 2.52. The Morgan fingerprint density at radius 1 is 1.10 bits per heavy atom. The summed E-state index contributed by atoms with van der Waals surface area (Å²) in [5.74, 6) is 1.17. The summed E-state index contributed by atoms with van der Waals surface area (Å²) in [5.41, 5.74) is 3.52. The lowest BCUT2D eigenvalue weighted by Gasteiger charge is -2.62. The molecule has 218 valence electrons. The standard InChI is InChI=1S/C32H33ClFN5O3/c1-41-30-10-21(2-5-27(30)33)17-37-6-8-38(9-7-37)24-13-32(14-24)19-39(20-32)23-4-3-22(18-40)29(11-23)42-25-12-26-28(34)16-36-31(26)35-15-25/h2-5,10-12,15-16,18,24H,6-9,13-14,17,19-20H2,1H3,(H,35,36). The normalized spacial score (nSPS) is 19.1. The molecule has 3 fully saturated rings. The minimum absolute atomic E-state index is 0.351. The highest BCUT2D eigenvalue weighted by atomic mass is 35.5. The van der Waals surface area contributed by atoms with Crippen LogP contribution in [0.25, 0.3) is 11.0 Å². The molecule has 8 nitrogen and oxygen atoms in total. The molecule has 7 rings (SSSR count). The minimum atomic E-state index is -0.391. The van der Waals surface area contributed by atoms with Gasteiger partial charge in [-0.25, -0.2) is 9.37 Å². The number of piperazine rings is 1. The van der Waals surface area contributed by atoms with Crippen LogP contribution in [-0.4, -0.2) is 78.5 Å². The van der Waals surface area contributed by atoms with E-state index in [1.54, 1.807) is 19.2 Å². The van der Waals surface area contributed by atoms with Crippen LogP contribution in [0.3, 0.4) is 0 Å². The average molecular weight is 590 g/mol. The number of aromatic nitrogens is 2. The van der Waals surface area contributed by atoms with Crippen molar-refractivity contribution in [2.24, 2.45) is 5.41 Å². The summed E-state index contributed by atoms with van der Waals surface area (Å²) in [7, 11) is 1.65. The molecule has 2 aromatic heterocycles. The third-order valence-electron chi connectivity index (χ3n) is 9.11. The third kappa shape index (κ3) is 5.10. The van der Waals surface area contributed by atoms with E-state index >= 15 is 0 Å². The van der Waals surface area contributed by atoms with Gasteiger partial charge in [-0.2, -0.15) is 0 Å². The van der Waals surface area contributed by atoms with Crippen LogP contribution >= 0.6 is 11.6 Å². The number of aromatic amines is 1. The number of H-pyrrole nitrogens is 1.